The number of nitrogens with one attached hydrogen (secondary N) is 1. The summed E-state index contributed by atoms with van der Waals surface area (Å²) in [5, 5.41) is 4.48. The third-order valence-electron chi connectivity index (χ3n) is 4.15. The van der Waals surface area contributed by atoms with Crippen LogP contribution in [0.2, 0.25) is 0 Å². The molecule has 2 nitrogen and oxygen atoms in total. The highest BCUT2D eigenvalue weighted by molar-refractivity contribution is 7.22. The van der Waals surface area contributed by atoms with E-state index in [0.29, 0.717) is 11.5 Å². The van der Waals surface area contributed by atoms with Gasteiger partial charge in [0, 0.05) is 12.1 Å². The standard InChI is InChI=1S/C15H19FN2S/c1-15(2)8-4-3-5-13(15)18-14-17-11-9-10(16)6-7-12(11)19-14/h6-7,9,13H,3-5,8H2,1-2H3,(H,17,18). The number of fused-ring (bicyclic) bond motifs is 1. The van der Waals surface area contributed by atoms with Gasteiger partial charge in [-0.25, -0.2) is 9.37 Å². The topological polar surface area (TPSA) is 24.9 Å². The number of rotatable bonds is 2. The van der Waals surface area contributed by atoms with Crippen LogP contribution in [0.15, 0.2) is 18.2 Å². The van der Waals surface area contributed by atoms with Crippen LogP contribution >= 0.6 is 11.3 Å². The molecule has 1 unspecified atom stereocenters. The molecule has 1 heterocycles. The van der Waals surface area contributed by atoms with Crippen LogP contribution < -0.4 is 5.32 Å². The molecule has 1 aromatic heterocycles. The SMILES string of the molecule is CC1(C)CCCCC1Nc1nc2cc(F)ccc2s1. The second-order valence-electron chi connectivity index (χ2n) is 6.06. The van der Waals surface area contributed by atoms with E-state index in [1.165, 1.54) is 37.8 Å². The zero-order valence-electron chi connectivity index (χ0n) is 11.4. The Morgan fingerprint density at radius 3 is 3.00 bits per heavy atom. The number of benzene rings is 1. The van der Waals surface area contributed by atoms with Gasteiger partial charge in [0.15, 0.2) is 5.13 Å². The molecular formula is C15H19FN2S. The van der Waals surface area contributed by atoms with Crippen LogP contribution in [-0.2, 0) is 0 Å². The Hall–Kier alpha value is -1.16. The summed E-state index contributed by atoms with van der Waals surface area (Å²) in [4.78, 5) is 4.50. The summed E-state index contributed by atoms with van der Waals surface area (Å²) < 4.78 is 14.2. The molecule has 1 N–H and O–H groups in total. The Kier molecular flexibility index (Phi) is 3.21. The fourth-order valence-electron chi connectivity index (χ4n) is 2.87. The molecule has 1 aliphatic carbocycles. The number of nitrogens with zero attached hydrogens (tertiary/aromatic N) is 1. The second-order valence-corrected chi connectivity index (χ2v) is 7.09. The van der Waals surface area contributed by atoms with Crippen molar-refractivity contribution >= 4 is 26.7 Å². The van der Waals surface area contributed by atoms with Crippen LogP contribution in [0.4, 0.5) is 9.52 Å². The van der Waals surface area contributed by atoms with Gasteiger partial charge in [-0.2, -0.15) is 0 Å². The smallest absolute Gasteiger partial charge is 0.184 e. The summed E-state index contributed by atoms with van der Waals surface area (Å²) in [6, 6.07) is 5.27. The second kappa shape index (κ2) is 4.75. The lowest BCUT2D eigenvalue weighted by atomic mass is 9.73. The van der Waals surface area contributed by atoms with E-state index in [0.717, 1.165) is 15.3 Å². The Bertz CT molecular complexity index is 591. The molecular weight excluding hydrogens is 259 g/mol. The molecule has 1 fully saturated rings. The van der Waals surface area contributed by atoms with E-state index in [-0.39, 0.29) is 5.82 Å². The molecule has 102 valence electrons. The number of hydrogen-bond acceptors (Lipinski definition) is 3. The molecule has 0 radical (unpaired) electrons. The minimum atomic E-state index is -0.220. The van der Waals surface area contributed by atoms with Crippen molar-refractivity contribution in [2.45, 2.75) is 45.6 Å². The molecule has 19 heavy (non-hydrogen) atoms. The largest absolute Gasteiger partial charge is 0.358 e. The first-order valence-electron chi connectivity index (χ1n) is 6.87. The van der Waals surface area contributed by atoms with Gasteiger partial charge in [0.2, 0.25) is 0 Å². The average molecular weight is 278 g/mol. The summed E-state index contributed by atoms with van der Waals surface area (Å²) in [5.74, 6) is -0.220. The quantitative estimate of drug-likeness (QED) is 0.852. The summed E-state index contributed by atoms with van der Waals surface area (Å²) in [7, 11) is 0. The van der Waals surface area contributed by atoms with Gasteiger partial charge in [0.05, 0.1) is 10.2 Å². The van der Waals surface area contributed by atoms with E-state index in [1.54, 1.807) is 17.4 Å². The highest BCUT2D eigenvalue weighted by atomic mass is 32.1. The Morgan fingerprint density at radius 2 is 2.21 bits per heavy atom. The number of halogens is 1. The molecule has 3 rings (SSSR count). The van der Waals surface area contributed by atoms with E-state index in [9.17, 15) is 4.39 Å². The van der Waals surface area contributed by atoms with Crippen molar-refractivity contribution in [3.8, 4) is 0 Å². The molecule has 4 heteroatoms. The van der Waals surface area contributed by atoms with Gasteiger partial charge >= 0.3 is 0 Å². The van der Waals surface area contributed by atoms with Crippen molar-refractivity contribution in [3.05, 3.63) is 24.0 Å². The van der Waals surface area contributed by atoms with E-state index in [2.05, 4.69) is 24.1 Å². The summed E-state index contributed by atoms with van der Waals surface area (Å²) >= 11 is 1.61. The minimum absolute atomic E-state index is 0.220. The van der Waals surface area contributed by atoms with Crippen LogP contribution in [0.3, 0.4) is 0 Å². The van der Waals surface area contributed by atoms with E-state index >= 15 is 0 Å². The van der Waals surface area contributed by atoms with E-state index in [1.807, 2.05) is 0 Å². The predicted octanol–water partition coefficient (Wildman–Crippen LogP) is 4.82. The predicted molar refractivity (Wildman–Crippen MR) is 79.2 cm³/mol. The molecule has 0 spiro atoms. The molecule has 1 atom stereocenters. The van der Waals surface area contributed by atoms with Crippen LogP contribution in [0, 0.1) is 11.2 Å². The molecule has 1 saturated carbocycles. The van der Waals surface area contributed by atoms with Gasteiger partial charge in [-0.3, -0.25) is 0 Å². The summed E-state index contributed by atoms with van der Waals surface area (Å²) in [5.41, 5.74) is 1.06. The normalized spacial score (nSPS) is 22.6. The van der Waals surface area contributed by atoms with Gasteiger partial charge in [-0.05, 0) is 30.4 Å². The highest BCUT2D eigenvalue weighted by Gasteiger charge is 2.32. The Morgan fingerprint density at radius 1 is 1.37 bits per heavy atom. The average Bonchev–Trinajstić information content (AvgIpc) is 2.73. The minimum Gasteiger partial charge on any atom is -0.358 e. The number of aromatic nitrogens is 1. The molecule has 0 aliphatic heterocycles. The molecule has 1 aliphatic rings. The zero-order chi connectivity index (χ0) is 13.5. The van der Waals surface area contributed by atoms with E-state index < -0.39 is 0 Å². The Balaban J connectivity index is 1.84. The van der Waals surface area contributed by atoms with Crippen LogP contribution in [-0.4, -0.2) is 11.0 Å². The molecule has 2 aromatic rings. The van der Waals surface area contributed by atoms with Gasteiger partial charge in [0.1, 0.15) is 5.82 Å². The zero-order valence-corrected chi connectivity index (χ0v) is 12.2. The van der Waals surface area contributed by atoms with Crippen molar-refractivity contribution < 1.29 is 4.39 Å². The maximum absolute atomic E-state index is 13.2. The summed E-state index contributed by atoms with van der Waals surface area (Å²) in [6.45, 7) is 4.63. The maximum atomic E-state index is 13.2. The third-order valence-corrected chi connectivity index (χ3v) is 5.12. The van der Waals surface area contributed by atoms with Crippen molar-refractivity contribution in [2.75, 3.05) is 5.32 Å². The fourth-order valence-corrected chi connectivity index (χ4v) is 3.77. The van der Waals surface area contributed by atoms with Crippen molar-refractivity contribution in [3.63, 3.8) is 0 Å². The lowest BCUT2D eigenvalue weighted by molar-refractivity contribution is 0.217. The first-order valence-corrected chi connectivity index (χ1v) is 7.69. The molecule has 0 saturated heterocycles. The van der Waals surface area contributed by atoms with Crippen molar-refractivity contribution in [1.29, 1.82) is 0 Å². The first-order chi connectivity index (χ1) is 9.04. The lowest BCUT2D eigenvalue weighted by Crippen LogP contribution is -2.38. The number of hydrogen-bond donors (Lipinski definition) is 1. The van der Waals surface area contributed by atoms with Gasteiger partial charge in [-0.1, -0.05) is 38.0 Å². The van der Waals surface area contributed by atoms with Crippen LogP contribution in [0.25, 0.3) is 10.2 Å². The number of thiazole rings is 1. The Labute approximate surface area is 117 Å². The van der Waals surface area contributed by atoms with Gasteiger partial charge in [-0.15, -0.1) is 0 Å². The van der Waals surface area contributed by atoms with E-state index in [4.69, 9.17) is 0 Å². The van der Waals surface area contributed by atoms with Crippen molar-refractivity contribution in [1.82, 2.24) is 4.98 Å². The molecule has 0 bridgehead atoms. The monoisotopic (exact) mass is 278 g/mol. The van der Waals surface area contributed by atoms with Crippen LogP contribution in [0.5, 0.6) is 0 Å². The highest BCUT2D eigenvalue weighted by Crippen LogP contribution is 2.38. The maximum Gasteiger partial charge on any atom is 0.184 e. The van der Waals surface area contributed by atoms with Gasteiger partial charge < -0.3 is 5.32 Å². The van der Waals surface area contributed by atoms with Crippen LogP contribution in [0.1, 0.15) is 39.5 Å². The lowest BCUT2D eigenvalue weighted by Gasteiger charge is -2.38. The third kappa shape index (κ3) is 2.59. The van der Waals surface area contributed by atoms with Gasteiger partial charge in [0.25, 0.3) is 0 Å². The molecule has 1 aromatic carbocycles. The summed E-state index contributed by atoms with van der Waals surface area (Å²) in [6.07, 6.45) is 5.04. The fraction of sp³-hybridized carbons (Fsp3) is 0.533. The molecule has 0 amide bonds. The number of anilines is 1. The first kappa shape index (κ1) is 12.9. The van der Waals surface area contributed by atoms with Crippen molar-refractivity contribution in [2.24, 2.45) is 5.41 Å².